The molecule has 53 heavy (non-hydrogen) atoms. The highest BCUT2D eigenvalue weighted by Crippen LogP contribution is 2.56. The van der Waals surface area contributed by atoms with E-state index in [1.165, 1.54) is 14.0 Å². The van der Waals surface area contributed by atoms with Gasteiger partial charge in [0, 0.05) is 56.3 Å². The van der Waals surface area contributed by atoms with Gasteiger partial charge in [0.15, 0.2) is 0 Å². The molecule has 2 N–H and O–H groups in total. The molecule has 0 aromatic rings. The molecule has 298 valence electrons. The van der Waals surface area contributed by atoms with Gasteiger partial charge in [-0.15, -0.1) is 0 Å². The maximum atomic E-state index is 14.8. The molecule has 2 bridgehead atoms. The van der Waals surface area contributed by atoms with Crippen LogP contribution in [0, 0.1) is 40.9 Å². The van der Waals surface area contributed by atoms with Crippen LogP contribution in [0.4, 0.5) is 0 Å². The number of ether oxygens (including phenoxy) is 3. The van der Waals surface area contributed by atoms with E-state index in [9.17, 15) is 34.2 Å². The van der Waals surface area contributed by atoms with Gasteiger partial charge in [-0.05, 0) is 83.6 Å². The molecule has 2 aliphatic carbocycles. The van der Waals surface area contributed by atoms with E-state index >= 15 is 0 Å². The number of allylic oxidation sites excluding steroid dienone is 3. The van der Waals surface area contributed by atoms with Crippen LogP contribution in [-0.4, -0.2) is 76.1 Å². The van der Waals surface area contributed by atoms with Crippen molar-refractivity contribution >= 4 is 29.3 Å². The van der Waals surface area contributed by atoms with E-state index in [1.807, 2.05) is 54.5 Å². The average molecular weight is 743 g/mol. The molecule has 2 heterocycles. The maximum absolute atomic E-state index is 14.8. The Bertz CT molecular complexity index is 1470. The highest BCUT2D eigenvalue weighted by molar-refractivity contribution is 5.97. The minimum atomic E-state index is -1.71. The SMILES string of the molecule is COC(=O)[C@@]12CC(=O)[C@@H](C(C)C)CC(=O)[C@@H](C)CCC[C@@H](C)CC(=O)C1CC(C)=C1C2/C=C(/C)CCC2OC(CC[C@]2(C)OC(C)=O)[C@](C)(O)C[C@H]1O. The zero-order valence-corrected chi connectivity index (χ0v) is 33.9. The Morgan fingerprint density at radius 2 is 1.62 bits per heavy atom. The zero-order valence-electron chi connectivity index (χ0n) is 33.9. The van der Waals surface area contributed by atoms with Crippen molar-refractivity contribution in [2.75, 3.05) is 7.11 Å². The lowest BCUT2D eigenvalue weighted by Crippen LogP contribution is -2.57. The molecule has 10 heteroatoms. The van der Waals surface area contributed by atoms with Gasteiger partial charge in [-0.3, -0.25) is 24.0 Å². The Morgan fingerprint density at radius 1 is 0.943 bits per heavy atom. The third-order valence-corrected chi connectivity index (χ3v) is 13.2. The first kappa shape index (κ1) is 43.0. The molecule has 0 spiro atoms. The second-order valence-electron chi connectivity index (χ2n) is 18.0. The van der Waals surface area contributed by atoms with Gasteiger partial charge in [0.05, 0.1) is 36.4 Å². The molecular weight excluding hydrogens is 676 g/mol. The topological polar surface area (TPSA) is 154 Å². The van der Waals surface area contributed by atoms with Crippen LogP contribution in [0.25, 0.3) is 0 Å². The highest BCUT2D eigenvalue weighted by Gasteiger charge is 2.60. The van der Waals surface area contributed by atoms with Gasteiger partial charge < -0.3 is 24.4 Å². The van der Waals surface area contributed by atoms with Gasteiger partial charge >= 0.3 is 11.9 Å². The molecule has 4 aliphatic rings. The Hall–Kier alpha value is -2.69. The average Bonchev–Trinajstić information content (AvgIpc) is 3.05. The standard InChI is InChI=1S/C43H66O10/c1-24(2)30-21-33(45)27(5)13-11-12-25(3)19-34(46)31-20-28(6)39-32(43(31,23-35(30)47)40(49)51-10)18-26(4)14-15-38-42(9,53-29(7)44)17-16-37(52-38)41(8,50)22-36(39)48/h18,24-25,27,30-32,36-38,48,50H,11-17,19-23H2,1-10H3/b26-18-/t25-,27+,30-,31?,32?,36-,37?,38?,41-,42+,43+/m1/s1. The smallest absolute Gasteiger partial charge is 0.313 e. The minimum Gasteiger partial charge on any atom is -0.469 e. The summed E-state index contributed by atoms with van der Waals surface area (Å²) >= 11 is 0. The number of rotatable bonds is 3. The second-order valence-corrected chi connectivity index (χ2v) is 18.0. The highest BCUT2D eigenvalue weighted by atomic mass is 16.6. The summed E-state index contributed by atoms with van der Waals surface area (Å²) < 4.78 is 18.0. The van der Waals surface area contributed by atoms with E-state index in [2.05, 4.69) is 0 Å². The maximum Gasteiger partial charge on any atom is 0.313 e. The molecule has 4 unspecified atom stereocenters. The van der Waals surface area contributed by atoms with Gasteiger partial charge in [0.25, 0.3) is 0 Å². The summed E-state index contributed by atoms with van der Waals surface area (Å²) in [6.07, 6.45) is 3.33. The molecule has 1 saturated carbocycles. The summed E-state index contributed by atoms with van der Waals surface area (Å²) in [7, 11) is 1.27. The molecule has 1 saturated heterocycles. The van der Waals surface area contributed by atoms with E-state index in [4.69, 9.17) is 14.2 Å². The summed E-state index contributed by atoms with van der Waals surface area (Å²) in [6, 6.07) is 0. The lowest BCUT2D eigenvalue weighted by Gasteiger charge is -2.51. The first-order chi connectivity index (χ1) is 24.7. The van der Waals surface area contributed by atoms with E-state index in [0.29, 0.717) is 37.7 Å². The predicted molar refractivity (Wildman–Crippen MR) is 200 cm³/mol. The number of ketones is 3. The van der Waals surface area contributed by atoms with E-state index in [-0.39, 0.29) is 67.2 Å². The molecule has 2 aliphatic heterocycles. The summed E-state index contributed by atoms with van der Waals surface area (Å²) in [6.45, 7) is 16.4. The number of esters is 2. The summed E-state index contributed by atoms with van der Waals surface area (Å²) in [5.74, 6) is -4.42. The van der Waals surface area contributed by atoms with Crippen LogP contribution >= 0.6 is 0 Å². The quantitative estimate of drug-likeness (QED) is 0.233. The number of hydrogen-bond donors (Lipinski definition) is 2. The fourth-order valence-corrected chi connectivity index (χ4v) is 9.97. The molecular formula is C43H66O10. The third-order valence-electron chi connectivity index (χ3n) is 13.2. The Kier molecular flexibility index (Phi) is 13.8. The first-order valence-electron chi connectivity index (χ1n) is 20.0. The van der Waals surface area contributed by atoms with Crippen molar-refractivity contribution in [3.05, 3.63) is 22.8 Å². The molecule has 0 aromatic heterocycles. The van der Waals surface area contributed by atoms with Crippen molar-refractivity contribution in [1.82, 2.24) is 0 Å². The van der Waals surface area contributed by atoms with Gasteiger partial charge in [-0.2, -0.15) is 0 Å². The molecule has 2 fully saturated rings. The Balaban J connectivity index is 1.97. The number of carbonyl (C=O) groups excluding carboxylic acids is 5. The van der Waals surface area contributed by atoms with Crippen LogP contribution < -0.4 is 0 Å². The van der Waals surface area contributed by atoms with E-state index < -0.39 is 64.6 Å². The van der Waals surface area contributed by atoms with Crippen molar-refractivity contribution in [3.8, 4) is 0 Å². The van der Waals surface area contributed by atoms with Crippen LogP contribution in [0.15, 0.2) is 22.8 Å². The van der Waals surface area contributed by atoms with Crippen LogP contribution in [0.1, 0.15) is 139 Å². The van der Waals surface area contributed by atoms with Crippen LogP contribution in [0.5, 0.6) is 0 Å². The van der Waals surface area contributed by atoms with Crippen LogP contribution in [0.3, 0.4) is 0 Å². The van der Waals surface area contributed by atoms with Crippen molar-refractivity contribution in [1.29, 1.82) is 0 Å². The minimum absolute atomic E-state index is 0.00639. The van der Waals surface area contributed by atoms with Crippen molar-refractivity contribution in [2.24, 2.45) is 40.9 Å². The van der Waals surface area contributed by atoms with Crippen molar-refractivity contribution in [3.63, 3.8) is 0 Å². The normalized spacial score (nSPS) is 40.8. The summed E-state index contributed by atoms with van der Waals surface area (Å²) in [5, 5.41) is 24.3. The number of methoxy groups -OCH3 is 1. The van der Waals surface area contributed by atoms with Gasteiger partial charge in [-0.25, -0.2) is 0 Å². The molecule has 11 atom stereocenters. The molecule has 10 nitrogen and oxygen atoms in total. The van der Waals surface area contributed by atoms with Gasteiger partial charge in [-0.1, -0.05) is 57.8 Å². The summed E-state index contributed by atoms with van der Waals surface area (Å²) in [5.41, 5.74) is -2.08. The second kappa shape index (κ2) is 17.0. The number of hydrogen-bond acceptors (Lipinski definition) is 10. The fraction of sp³-hybridized carbons (Fsp3) is 0.791. The third kappa shape index (κ3) is 9.24. The van der Waals surface area contributed by atoms with Crippen molar-refractivity contribution in [2.45, 2.75) is 169 Å². The number of fused-ring (bicyclic) bond motifs is 5. The monoisotopic (exact) mass is 742 g/mol. The van der Waals surface area contributed by atoms with Gasteiger partial charge in [0.2, 0.25) is 0 Å². The molecule has 0 amide bonds. The van der Waals surface area contributed by atoms with Crippen molar-refractivity contribution < 1.29 is 48.4 Å². The fourth-order valence-electron chi connectivity index (χ4n) is 9.97. The zero-order chi connectivity index (χ0) is 39.6. The number of aliphatic hydroxyl groups is 2. The molecule has 0 aromatic carbocycles. The first-order valence-corrected chi connectivity index (χ1v) is 20.0. The number of carbonyl (C=O) groups is 5. The van der Waals surface area contributed by atoms with E-state index in [1.54, 1.807) is 6.92 Å². The number of Topliss-reactive ketones (excluding diaryl/α,β-unsaturated/α-hetero) is 3. The lowest BCUT2D eigenvalue weighted by molar-refractivity contribution is -0.230. The summed E-state index contributed by atoms with van der Waals surface area (Å²) in [4.78, 5) is 69.9. The molecule has 4 rings (SSSR count). The van der Waals surface area contributed by atoms with Crippen LogP contribution in [0.2, 0.25) is 0 Å². The van der Waals surface area contributed by atoms with Gasteiger partial charge in [0.1, 0.15) is 23.0 Å². The largest absolute Gasteiger partial charge is 0.469 e. The predicted octanol–water partition coefficient (Wildman–Crippen LogP) is 6.82. The number of aliphatic hydroxyl groups excluding tert-OH is 1. The Morgan fingerprint density at radius 3 is 2.25 bits per heavy atom. The Labute approximate surface area is 316 Å². The molecule has 0 radical (unpaired) electrons. The van der Waals surface area contributed by atoms with Crippen LogP contribution in [-0.2, 0) is 38.2 Å². The van der Waals surface area contributed by atoms with E-state index in [0.717, 1.165) is 24.0 Å². The lowest BCUT2D eigenvalue weighted by atomic mass is 9.52.